The fourth-order valence-corrected chi connectivity index (χ4v) is 3.45. The lowest BCUT2D eigenvalue weighted by Gasteiger charge is -2.24. The molecule has 0 aliphatic carbocycles. The number of allylic oxidation sites excluding steroid dienone is 1. The summed E-state index contributed by atoms with van der Waals surface area (Å²) in [5.41, 5.74) is 0. The zero-order valence-corrected chi connectivity index (χ0v) is 23.1. The number of ether oxygens (including phenoxy) is 4. The molecular formula is C28H53NO6. The van der Waals surface area contributed by atoms with E-state index in [0.29, 0.717) is 45.9 Å². The first kappa shape index (κ1) is 33.6. The van der Waals surface area contributed by atoms with Crippen LogP contribution in [0.15, 0.2) is 12.2 Å². The van der Waals surface area contributed by atoms with E-state index in [4.69, 9.17) is 14.2 Å². The Hall–Kier alpha value is -1.44. The van der Waals surface area contributed by atoms with Crippen molar-refractivity contribution in [3.8, 4) is 0 Å². The summed E-state index contributed by atoms with van der Waals surface area (Å²) >= 11 is 0. The summed E-state index contributed by atoms with van der Waals surface area (Å²) in [5.74, 6) is -0.292. The highest BCUT2D eigenvalue weighted by Crippen LogP contribution is 2.07. The maximum absolute atomic E-state index is 11.8. The SMILES string of the molecule is CCCCCCCC/C=C\COC(=O)CCCCCOCC(COCCCCC(=O)OC)N(C)C. The Morgan fingerprint density at radius 3 is 1.97 bits per heavy atom. The lowest BCUT2D eigenvalue weighted by Crippen LogP contribution is -2.37. The molecular weight excluding hydrogens is 446 g/mol. The highest BCUT2D eigenvalue weighted by molar-refractivity contribution is 5.69. The van der Waals surface area contributed by atoms with E-state index in [1.54, 1.807) is 0 Å². The quantitative estimate of drug-likeness (QED) is 0.0905. The molecule has 0 amide bonds. The van der Waals surface area contributed by atoms with Gasteiger partial charge in [-0.15, -0.1) is 0 Å². The average molecular weight is 500 g/mol. The molecule has 0 rings (SSSR count). The van der Waals surface area contributed by atoms with Gasteiger partial charge in [-0.05, 0) is 52.6 Å². The predicted molar refractivity (Wildman–Crippen MR) is 142 cm³/mol. The number of hydrogen-bond acceptors (Lipinski definition) is 7. The number of unbranched alkanes of at least 4 members (excludes halogenated alkanes) is 9. The van der Waals surface area contributed by atoms with Gasteiger partial charge in [0.15, 0.2) is 0 Å². The molecule has 0 aromatic carbocycles. The molecule has 0 N–H and O–H groups in total. The van der Waals surface area contributed by atoms with E-state index in [9.17, 15) is 9.59 Å². The lowest BCUT2D eigenvalue weighted by atomic mass is 10.1. The van der Waals surface area contributed by atoms with Crippen molar-refractivity contribution in [2.75, 3.05) is 54.2 Å². The van der Waals surface area contributed by atoms with Gasteiger partial charge in [0, 0.05) is 26.1 Å². The number of rotatable bonds is 25. The number of hydrogen-bond donors (Lipinski definition) is 0. The van der Waals surface area contributed by atoms with Gasteiger partial charge in [-0.25, -0.2) is 0 Å². The molecule has 206 valence electrons. The Morgan fingerprint density at radius 2 is 1.31 bits per heavy atom. The normalized spacial score (nSPS) is 12.4. The van der Waals surface area contributed by atoms with Gasteiger partial charge in [0.05, 0.1) is 26.4 Å². The zero-order chi connectivity index (χ0) is 26.0. The van der Waals surface area contributed by atoms with Crippen LogP contribution in [0.5, 0.6) is 0 Å². The third-order valence-corrected chi connectivity index (χ3v) is 5.90. The van der Waals surface area contributed by atoms with Crippen molar-refractivity contribution >= 4 is 11.9 Å². The Balaban J connectivity index is 3.58. The summed E-state index contributed by atoms with van der Waals surface area (Å²) < 4.78 is 21.5. The molecule has 1 unspecified atom stereocenters. The van der Waals surface area contributed by atoms with E-state index in [2.05, 4.69) is 22.6 Å². The minimum atomic E-state index is -0.173. The Kier molecular flexibility index (Phi) is 24.6. The topological polar surface area (TPSA) is 74.3 Å². The van der Waals surface area contributed by atoms with Crippen LogP contribution in [-0.2, 0) is 28.5 Å². The number of carbonyl (C=O) groups is 2. The maximum atomic E-state index is 11.8. The monoisotopic (exact) mass is 499 g/mol. The number of likely N-dealkylation sites (N-methyl/N-ethyl adjacent to an activating group) is 1. The molecule has 0 radical (unpaired) electrons. The van der Waals surface area contributed by atoms with Crippen LogP contribution in [-0.4, -0.2) is 77.1 Å². The zero-order valence-electron chi connectivity index (χ0n) is 23.1. The van der Waals surface area contributed by atoms with Crippen LogP contribution in [0.3, 0.4) is 0 Å². The molecule has 7 nitrogen and oxygen atoms in total. The van der Waals surface area contributed by atoms with Crippen molar-refractivity contribution in [1.29, 1.82) is 0 Å². The number of methoxy groups -OCH3 is 1. The third-order valence-electron chi connectivity index (χ3n) is 5.90. The smallest absolute Gasteiger partial charge is 0.306 e. The second-order valence-electron chi connectivity index (χ2n) is 9.32. The summed E-state index contributed by atoms with van der Waals surface area (Å²) in [6, 6.07) is 0.194. The average Bonchev–Trinajstić information content (AvgIpc) is 2.84. The standard InChI is InChI=1S/C28H53NO6/c1-5-6-7-8-9-10-11-12-17-23-35-28(31)20-14-13-16-21-33-24-26(29(2)3)25-34-22-18-15-19-27(30)32-4/h12,17,26H,5-11,13-16,18-25H2,1-4H3/b17-12-. The minimum Gasteiger partial charge on any atom is -0.469 e. The van der Waals surface area contributed by atoms with Gasteiger partial charge >= 0.3 is 11.9 Å². The van der Waals surface area contributed by atoms with E-state index in [1.165, 1.54) is 45.6 Å². The molecule has 0 saturated heterocycles. The van der Waals surface area contributed by atoms with E-state index >= 15 is 0 Å². The number of esters is 2. The molecule has 0 aromatic rings. The van der Waals surface area contributed by atoms with Gasteiger partial charge in [-0.1, -0.05) is 57.6 Å². The summed E-state index contributed by atoms with van der Waals surface area (Å²) in [4.78, 5) is 25.0. The Labute approximate surface area is 214 Å². The molecule has 0 aromatic heterocycles. The molecule has 1 atom stereocenters. The Bertz CT molecular complexity index is 524. The van der Waals surface area contributed by atoms with Gasteiger partial charge in [0.2, 0.25) is 0 Å². The first-order chi connectivity index (χ1) is 17.0. The molecule has 0 saturated carbocycles. The third kappa shape index (κ3) is 24.0. The minimum absolute atomic E-state index is 0.119. The number of nitrogens with zero attached hydrogens (tertiary/aromatic N) is 1. The second kappa shape index (κ2) is 25.6. The summed E-state index contributed by atoms with van der Waals surface area (Å²) in [6.45, 7) is 5.15. The Morgan fingerprint density at radius 1 is 0.743 bits per heavy atom. The predicted octanol–water partition coefficient (Wildman–Crippen LogP) is 5.70. The van der Waals surface area contributed by atoms with Gasteiger partial charge in [-0.2, -0.15) is 0 Å². The molecule has 0 aliphatic rings. The van der Waals surface area contributed by atoms with Crippen LogP contribution in [0.25, 0.3) is 0 Å². The molecule has 0 aliphatic heterocycles. The van der Waals surface area contributed by atoms with Crippen LogP contribution >= 0.6 is 0 Å². The largest absolute Gasteiger partial charge is 0.469 e. The van der Waals surface area contributed by atoms with Crippen LogP contribution < -0.4 is 0 Å². The van der Waals surface area contributed by atoms with Crippen molar-refractivity contribution in [1.82, 2.24) is 4.90 Å². The van der Waals surface area contributed by atoms with Crippen molar-refractivity contribution < 1.29 is 28.5 Å². The molecule has 35 heavy (non-hydrogen) atoms. The van der Waals surface area contributed by atoms with Gasteiger partial charge in [0.25, 0.3) is 0 Å². The highest BCUT2D eigenvalue weighted by atomic mass is 16.5. The van der Waals surface area contributed by atoms with E-state index in [0.717, 1.165) is 38.5 Å². The van der Waals surface area contributed by atoms with E-state index < -0.39 is 0 Å². The fourth-order valence-electron chi connectivity index (χ4n) is 3.45. The lowest BCUT2D eigenvalue weighted by molar-refractivity contribution is -0.142. The van der Waals surface area contributed by atoms with Crippen LogP contribution in [0.2, 0.25) is 0 Å². The van der Waals surface area contributed by atoms with Crippen molar-refractivity contribution in [2.45, 2.75) is 103 Å². The van der Waals surface area contributed by atoms with Crippen molar-refractivity contribution in [2.24, 2.45) is 0 Å². The van der Waals surface area contributed by atoms with Crippen LogP contribution in [0.1, 0.15) is 96.8 Å². The summed E-state index contributed by atoms with van der Waals surface area (Å²) in [7, 11) is 5.44. The fraction of sp³-hybridized carbons (Fsp3) is 0.857. The van der Waals surface area contributed by atoms with Crippen LogP contribution in [0, 0.1) is 0 Å². The number of carbonyl (C=O) groups excluding carboxylic acids is 2. The first-order valence-corrected chi connectivity index (χ1v) is 13.7. The molecule has 0 heterocycles. The van der Waals surface area contributed by atoms with Crippen molar-refractivity contribution in [3.05, 3.63) is 12.2 Å². The van der Waals surface area contributed by atoms with Gasteiger partial charge < -0.3 is 23.8 Å². The maximum Gasteiger partial charge on any atom is 0.306 e. The first-order valence-electron chi connectivity index (χ1n) is 13.7. The van der Waals surface area contributed by atoms with E-state index in [-0.39, 0.29) is 18.0 Å². The van der Waals surface area contributed by atoms with Crippen LogP contribution in [0.4, 0.5) is 0 Å². The van der Waals surface area contributed by atoms with E-state index in [1.807, 2.05) is 20.2 Å². The van der Waals surface area contributed by atoms with Gasteiger partial charge in [0.1, 0.15) is 6.61 Å². The second-order valence-corrected chi connectivity index (χ2v) is 9.32. The summed E-state index contributed by atoms with van der Waals surface area (Å²) in [6.07, 6.45) is 18.2. The molecule has 7 heteroatoms. The molecule has 0 fully saturated rings. The van der Waals surface area contributed by atoms with Crippen molar-refractivity contribution in [3.63, 3.8) is 0 Å². The highest BCUT2D eigenvalue weighted by Gasteiger charge is 2.12. The molecule has 0 spiro atoms. The molecule has 0 bridgehead atoms. The summed E-state index contributed by atoms with van der Waals surface area (Å²) in [5, 5.41) is 0. The van der Waals surface area contributed by atoms with Gasteiger partial charge in [-0.3, -0.25) is 9.59 Å².